The Morgan fingerprint density at radius 3 is 2.50 bits per heavy atom. The van der Waals surface area contributed by atoms with Gasteiger partial charge in [0.1, 0.15) is 0 Å². The number of carbonyl (C=O) groups excluding carboxylic acids is 2. The number of benzene rings is 2. The van der Waals surface area contributed by atoms with Gasteiger partial charge in [-0.15, -0.1) is 0 Å². The van der Waals surface area contributed by atoms with Gasteiger partial charge in [0.25, 0.3) is 5.91 Å². The molecule has 0 aromatic heterocycles. The maximum atomic E-state index is 12.4. The van der Waals surface area contributed by atoms with E-state index in [0.717, 1.165) is 12.0 Å². The van der Waals surface area contributed by atoms with Crippen molar-refractivity contribution >= 4 is 46.4 Å². The summed E-state index contributed by atoms with van der Waals surface area (Å²) in [5, 5.41) is 9.28. The van der Waals surface area contributed by atoms with Crippen molar-refractivity contribution in [2.45, 2.75) is 39.2 Å². The van der Waals surface area contributed by atoms with E-state index in [9.17, 15) is 9.59 Å². The van der Waals surface area contributed by atoms with Gasteiger partial charge in [-0.2, -0.15) is 0 Å². The van der Waals surface area contributed by atoms with Crippen LogP contribution >= 0.6 is 23.8 Å². The van der Waals surface area contributed by atoms with Gasteiger partial charge in [0.05, 0.1) is 11.3 Å². The smallest absolute Gasteiger partial charge is 0.253 e. The molecule has 0 bridgehead atoms. The zero-order valence-corrected chi connectivity index (χ0v) is 17.5. The fourth-order valence-electron chi connectivity index (χ4n) is 2.49. The van der Waals surface area contributed by atoms with Crippen molar-refractivity contribution in [2.75, 3.05) is 5.32 Å². The van der Waals surface area contributed by atoms with Crippen LogP contribution in [0, 0.1) is 0 Å². The summed E-state index contributed by atoms with van der Waals surface area (Å²) in [6.07, 6.45) is 1.60. The molecule has 2 aromatic carbocycles. The van der Waals surface area contributed by atoms with E-state index in [1.165, 1.54) is 0 Å². The van der Waals surface area contributed by atoms with Crippen LogP contribution in [0.25, 0.3) is 0 Å². The molecular weight excluding hydrogens is 394 g/mol. The normalized spacial score (nSPS) is 11.4. The lowest BCUT2D eigenvalue weighted by Crippen LogP contribution is -2.36. The van der Waals surface area contributed by atoms with E-state index < -0.39 is 0 Å². The van der Waals surface area contributed by atoms with Gasteiger partial charge in [-0.25, -0.2) is 0 Å². The molecule has 2 rings (SSSR count). The molecule has 0 saturated carbocycles. The fraction of sp³-hybridized carbons (Fsp3) is 0.286. The number of amides is 2. The molecule has 0 heterocycles. The Hall–Kier alpha value is -2.44. The summed E-state index contributed by atoms with van der Waals surface area (Å²) in [4.78, 5) is 24.6. The van der Waals surface area contributed by atoms with E-state index >= 15 is 0 Å². The standard InChI is InChI=1S/C21H24ClN3O2S/c1-3-14(2)23-20(27)16-9-5-7-11-18(16)24-21(28)25-19(26)13-12-15-8-4-6-10-17(15)22/h4-11,14H,3,12-13H2,1-2H3,(H,23,27)(H2,24,25,26,28). The van der Waals surface area contributed by atoms with E-state index in [1.807, 2.05) is 32.0 Å². The molecule has 0 aliphatic carbocycles. The van der Waals surface area contributed by atoms with Crippen LogP contribution in [0.3, 0.4) is 0 Å². The van der Waals surface area contributed by atoms with Crippen molar-refractivity contribution < 1.29 is 9.59 Å². The summed E-state index contributed by atoms with van der Waals surface area (Å²) in [7, 11) is 0. The number of hydrogen-bond acceptors (Lipinski definition) is 3. The Morgan fingerprint density at radius 2 is 1.79 bits per heavy atom. The third kappa shape index (κ3) is 6.62. The second-order valence-corrected chi connectivity index (χ2v) is 7.24. The van der Waals surface area contributed by atoms with Crippen LogP contribution < -0.4 is 16.0 Å². The van der Waals surface area contributed by atoms with Crippen LogP contribution in [0.4, 0.5) is 5.69 Å². The maximum absolute atomic E-state index is 12.4. The molecular formula is C21H24ClN3O2S. The minimum Gasteiger partial charge on any atom is -0.350 e. The van der Waals surface area contributed by atoms with E-state index in [2.05, 4.69) is 16.0 Å². The quantitative estimate of drug-likeness (QED) is 0.587. The number of anilines is 1. The van der Waals surface area contributed by atoms with Crippen LogP contribution in [0.2, 0.25) is 5.02 Å². The van der Waals surface area contributed by atoms with Crippen molar-refractivity contribution in [1.29, 1.82) is 0 Å². The number of para-hydroxylation sites is 1. The molecule has 148 valence electrons. The highest BCUT2D eigenvalue weighted by atomic mass is 35.5. The number of halogens is 1. The lowest BCUT2D eigenvalue weighted by atomic mass is 10.1. The number of rotatable bonds is 7. The van der Waals surface area contributed by atoms with Gasteiger partial charge in [0, 0.05) is 17.5 Å². The lowest BCUT2D eigenvalue weighted by Gasteiger charge is -2.16. The Labute approximate surface area is 175 Å². The zero-order valence-electron chi connectivity index (χ0n) is 15.9. The molecule has 1 atom stereocenters. The van der Waals surface area contributed by atoms with Crippen LogP contribution in [-0.4, -0.2) is 23.0 Å². The third-order valence-electron chi connectivity index (χ3n) is 4.24. The van der Waals surface area contributed by atoms with E-state index in [-0.39, 0.29) is 29.4 Å². The topological polar surface area (TPSA) is 70.2 Å². The molecule has 0 saturated heterocycles. The molecule has 28 heavy (non-hydrogen) atoms. The Morgan fingerprint density at radius 1 is 1.11 bits per heavy atom. The summed E-state index contributed by atoms with van der Waals surface area (Å²) in [6.45, 7) is 3.94. The number of hydrogen-bond donors (Lipinski definition) is 3. The van der Waals surface area contributed by atoms with Gasteiger partial charge in [-0.1, -0.05) is 48.9 Å². The Balaban J connectivity index is 1.93. The Bertz CT molecular complexity index is 857. The molecule has 7 heteroatoms. The summed E-state index contributed by atoms with van der Waals surface area (Å²) >= 11 is 11.3. The molecule has 0 fully saturated rings. The van der Waals surface area contributed by atoms with Crippen LogP contribution in [0.5, 0.6) is 0 Å². The van der Waals surface area contributed by atoms with Gasteiger partial charge in [-0.05, 0) is 55.7 Å². The first-order chi connectivity index (χ1) is 13.4. The second kappa shape index (κ2) is 10.8. The van der Waals surface area contributed by atoms with Gasteiger partial charge < -0.3 is 16.0 Å². The highest BCUT2D eigenvalue weighted by Crippen LogP contribution is 2.17. The molecule has 0 aliphatic rings. The molecule has 3 N–H and O–H groups in total. The average molecular weight is 418 g/mol. The first kappa shape index (κ1) is 21.9. The summed E-state index contributed by atoms with van der Waals surface area (Å²) in [6, 6.07) is 14.5. The maximum Gasteiger partial charge on any atom is 0.253 e. The molecule has 0 spiro atoms. The molecule has 2 aromatic rings. The summed E-state index contributed by atoms with van der Waals surface area (Å²) < 4.78 is 0. The van der Waals surface area contributed by atoms with Crippen molar-refractivity contribution in [3.8, 4) is 0 Å². The lowest BCUT2D eigenvalue weighted by molar-refractivity contribution is -0.119. The average Bonchev–Trinajstić information content (AvgIpc) is 2.67. The largest absolute Gasteiger partial charge is 0.350 e. The number of thiocarbonyl (C=S) groups is 1. The molecule has 1 unspecified atom stereocenters. The number of nitrogens with one attached hydrogen (secondary N) is 3. The van der Waals surface area contributed by atoms with Crippen LogP contribution in [-0.2, 0) is 11.2 Å². The first-order valence-electron chi connectivity index (χ1n) is 9.14. The van der Waals surface area contributed by atoms with Crippen molar-refractivity contribution in [1.82, 2.24) is 10.6 Å². The van der Waals surface area contributed by atoms with Gasteiger partial charge >= 0.3 is 0 Å². The van der Waals surface area contributed by atoms with E-state index in [1.54, 1.807) is 30.3 Å². The zero-order chi connectivity index (χ0) is 20.5. The van der Waals surface area contributed by atoms with Crippen molar-refractivity contribution in [3.05, 3.63) is 64.7 Å². The number of aryl methyl sites for hydroxylation is 1. The van der Waals surface area contributed by atoms with Crippen molar-refractivity contribution in [3.63, 3.8) is 0 Å². The van der Waals surface area contributed by atoms with E-state index in [0.29, 0.717) is 22.7 Å². The number of carbonyl (C=O) groups is 2. The third-order valence-corrected chi connectivity index (χ3v) is 4.81. The van der Waals surface area contributed by atoms with Gasteiger partial charge in [0.15, 0.2) is 5.11 Å². The second-order valence-electron chi connectivity index (χ2n) is 6.42. The van der Waals surface area contributed by atoms with Crippen LogP contribution in [0.1, 0.15) is 42.6 Å². The minimum absolute atomic E-state index is 0.0667. The molecule has 2 amide bonds. The highest BCUT2D eigenvalue weighted by Gasteiger charge is 2.14. The van der Waals surface area contributed by atoms with E-state index in [4.69, 9.17) is 23.8 Å². The summed E-state index contributed by atoms with van der Waals surface area (Å²) in [5.74, 6) is -0.413. The van der Waals surface area contributed by atoms with Gasteiger partial charge in [-0.3, -0.25) is 9.59 Å². The predicted octanol–water partition coefficient (Wildman–Crippen LogP) is 4.31. The SMILES string of the molecule is CCC(C)NC(=O)c1ccccc1NC(=S)NC(=O)CCc1ccccc1Cl. The minimum atomic E-state index is -0.223. The fourth-order valence-corrected chi connectivity index (χ4v) is 2.94. The van der Waals surface area contributed by atoms with Crippen LogP contribution in [0.15, 0.2) is 48.5 Å². The molecule has 5 nitrogen and oxygen atoms in total. The Kier molecular flexibility index (Phi) is 8.42. The van der Waals surface area contributed by atoms with Gasteiger partial charge in [0.2, 0.25) is 5.91 Å². The first-order valence-corrected chi connectivity index (χ1v) is 9.93. The summed E-state index contributed by atoms with van der Waals surface area (Å²) in [5.41, 5.74) is 1.92. The monoisotopic (exact) mass is 417 g/mol. The molecule has 0 radical (unpaired) electrons. The molecule has 0 aliphatic heterocycles. The van der Waals surface area contributed by atoms with Crippen molar-refractivity contribution in [2.24, 2.45) is 0 Å². The predicted molar refractivity (Wildman–Crippen MR) is 118 cm³/mol. The highest BCUT2D eigenvalue weighted by molar-refractivity contribution is 7.80.